The summed E-state index contributed by atoms with van der Waals surface area (Å²) in [5, 5.41) is 20.1. The zero-order valence-electron chi connectivity index (χ0n) is 16.5. The average Bonchev–Trinajstić information content (AvgIpc) is 3.16. The van der Waals surface area contributed by atoms with E-state index in [0.29, 0.717) is 37.3 Å². The Balaban J connectivity index is 1.61. The first-order valence-electron chi connectivity index (χ1n) is 10.0. The average molecular weight is 408 g/mol. The van der Waals surface area contributed by atoms with E-state index in [2.05, 4.69) is 4.98 Å². The second-order valence-corrected chi connectivity index (χ2v) is 7.64. The van der Waals surface area contributed by atoms with Crippen molar-refractivity contribution in [3.05, 3.63) is 65.9 Å². The number of aromatic amines is 1. The normalized spacial score (nSPS) is 18.2. The zero-order valence-corrected chi connectivity index (χ0v) is 16.5. The lowest BCUT2D eigenvalue weighted by molar-refractivity contribution is -0.149. The highest BCUT2D eigenvalue weighted by molar-refractivity contribution is 5.90. The van der Waals surface area contributed by atoms with Crippen LogP contribution in [0.2, 0.25) is 0 Å². The molecule has 7 heteroatoms. The lowest BCUT2D eigenvalue weighted by Gasteiger charge is -2.34. The van der Waals surface area contributed by atoms with Crippen LogP contribution in [0.15, 0.2) is 54.7 Å². The molecule has 1 aromatic heterocycles. The maximum absolute atomic E-state index is 12.2. The number of H-pyrrole nitrogens is 1. The second-order valence-electron chi connectivity index (χ2n) is 7.64. The second kappa shape index (κ2) is 8.59. The van der Waals surface area contributed by atoms with Gasteiger partial charge in [-0.15, -0.1) is 0 Å². The number of nitrogens with zero attached hydrogens (tertiary/aromatic N) is 1. The number of benzene rings is 2. The predicted molar refractivity (Wildman–Crippen MR) is 111 cm³/mol. The van der Waals surface area contributed by atoms with Crippen molar-refractivity contribution in [2.45, 2.75) is 25.5 Å². The van der Waals surface area contributed by atoms with Crippen molar-refractivity contribution in [2.75, 3.05) is 13.1 Å². The van der Waals surface area contributed by atoms with Crippen LogP contribution in [0.1, 0.15) is 30.0 Å². The summed E-state index contributed by atoms with van der Waals surface area (Å²) in [7, 11) is 0. The first kappa shape index (κ1) is 20.0. The third-order valence-corrected chi connectivity index (χ3v) is 5.63. The third-order valence-electron chi connectivity index (χ3n) is 5.63. The Bertz CT molecular complexity index is 1050. The molecule has 1 fully saturated rings. The molecule has 2 aromatic carbocycles. The molecule has 3 N–H and O–H groups in total. The van der Waals surface area contributed by atoms with E-state index in [1.165, 1.54) is 0 Å². The Labute approximate surface area is 173 Å². The number of ether oxygens (including phenoxy) is 1. The van der Waals surface area contributed by atoms with Gasteiger partial charge in [-0.05, 0) is 43.1 Å². The largest absolute Gasteiger partial charge is 0.489 e. The molecule has 1 aliphatic rings. The quantitative estimate of drug-likeness (QED) is 0.551. The molecular formula is C23H24N2O5. The number of carbonyl (C=O) groups is 2. The number of fused-ring (bicyclic) bond motifs is 1. The number of likely N-dealkylation sites (tertiary alicyclic amines) is 1. The topological polar surface area (TPSA) is 103 Å². The molecule has 3 aromatic rings. The van der Waals surface area contributed by atoms with E-state index in [1.54, 1.807) is 11.1 Å². The number of carboxylic acids is 2. The molecule has 0 spiro atoms. The summed E-state index contributed by atoms with van der Waals surface area (Å²) in [5.74, 6) is -1.76. The number of aliphatic carboxylic acids is 2. The molecule has 7 nitrogen and oxygen atoms in total. The number of hydrogen-bond donors (Lipinski definition) is 3. The molecule has 1 saturated heterocycles. The van der Waals surface area contributed by atoms with E-state index in [4.69, 9.17) is 4.74 Å². The number of aromatic nitrogens is 1. The summed E-state index contributed by atoms with van der Waals surface area (Å²) < 4.78 is 5.91. The van der Waals surface area contributed by atoms with Gasteiger partial charge in [0.1, 0.15) is 18.4 Å². The van der Waals surface area contributed by atoms with Gasteiger partial charge in [-0.3, -0.25) is 14.5 Å². The van der Waals surface area contributed by atoms with Crippen molar-refractivity contribution in [1.29, 1.82) is 0 Å². The Morgan fingerprint density at radius 1 is 1.17 bits per heavy atom. The highest BCUT2D eigenvalue weighted by Crippen LogP contribution is 2.33. The molecule has 1 aliphatic heterocycles. The maximum Gasteiger partial charge on any atom is 0.325 e. The molecule has 0 radical (unpaired) electrons. The Morgan fingerprint density at radius 3 is 2.70 bits per heavy atom. The van der Waals surface area contributed by atoms with Crippen LogP contribution in [0, 0.1) is 5.92 Å². The van der Waals surface area contributed by atoms with Crippen LogP contribution < -0.4 is 4.74 Å². The molecule has 0 aliphatic carbocycles. The number of carboxylic acid groups (broad SMARTS) is 2. The van der Waals surface area contributed by atoms with Crippen LogP contribution in [-0.2, 0) is 16.2 Å². The van der Waals surface area contributed by atoms with Crippen molar-refractivity contribution in [2.24, 2.45) is 5.92 Å². The van der Waals surface area contributed by atoms with Gasteiger partial charge in [0.05, 0.1) is 5.92 Å². The molecule has 0 bridgehead atoms. The van der Waals surface area contributed by atoms with Gasteiger partial charge < -0.3 is 19.9 Å². The molecule has 2 atom stereocenters. The molecule has 0 amide bonds. The van der Waals surface area contributed by atoms with Crippen LogP contribution in [-0.4, -0.2) is 45.1 Å². The lowest BCUT2D eigenvalue weighted by atomic mass is 9.94. The monoisotopic (exact) mass is 408 g/mol. The smallest absolute Gasteiger partial charge is 0.325 e. The maximum atomic E-state index is 12.2. The minimum atomic E-state index is -0.988. The van der Waals surface area contributed by atoms with E-state index < -0.39 is 23.9 Å². The summed E-state index contributed by atoms with van der Waals surface area (Å²) in [4.78, 5) is 28.5. The van der Waals surface area contributed by atoms with Crippen LogP contribution in [0.25, 0.3) is 10.9 Å². The van der Waals surface area contributed by atoms with Gasteiger partial charge in [-0.25, -0.2) is 0 Å². The van der Waals surface area contributed by atoms with Gasteiger partial charge in [0.15, 0.2) is 0 Å². The van der Waals surface area contributed by atoms with Crippen molar-refractivity contribution in [1.82, 2.24) is 9.88 Å². The van der Waals surface area contributed by atoms with Crippen LogP contribution >= 0.6 is 0 Å². The highest BCUT2D eigenvalue weighted by atomic mass is 16.5. The van der Waals surface area contributed by atoms with Crippen LogP contribution in [0.3, 0.4) is 0 Å². The molecule has 4 rings (SSSR count). The Morgan fingerprint density at radius 2 is 1.97 bits per heavy atom. The first-order chi connectivity index (χ1) is 14.5. The Hall–Kier alpha value is -3.32. The fourth-order valence-corrected chi connectivity index (χ4v) is 4.11. The Kier molecular flexibility index (Phi) is 5.72. The zero-order chi connectivity index (χ0) is 21.1. The lowest BCUT2D eigenvalue weighted by Crippen LogP contribution is -2.43. The molecule has 2 heterocycles. The van der Waals surface area contributed by atoms with Crippen LogP contribution in [0.4, 0.5) is 0 Å². The first-order valence-corrected chi connectivity index (χ1v) is 10.0. The van der Waals surface area contributed by atoms with E-state index in [0.717, 1.165) is 16.5 Å². The molecule has 0 saturated carbocycles. The molecular weight excluding hydrogens is 384 g/mol. The van der Waals surface area contributed by atoms with Crippen molar-refractivity contribution < 1.29 is 24.5 Å². The van der Waals surface area contributed by atoms with Crippen molar-refractivity contribution in [3.63, 3.8) is 0 Å². The van der Waals surface area contributed by atoms with Gasteiger partial charge in [0.25, 0.3) is 0 Å². The number of nitrogens with one attached hydrogen (secondary N) is 1. The minimum Gasteiger partial charge on any atom is -0.489 e. The van der Waals surface area contributed by atoms with Gasteiger partial charge in [-0.2, -0.15) is 0 Å². The van der Waals surface area contributed by atoms with Gasteiger partial charge in [0.2, 0.25) is 0 Å². The molecule has 2 unspecified atom stereocenters. The molecule has 156 valence electrons. The minimum absolute atomic E-state index is 0.225. The fourth-order valence-electron chi connectivity index (χ4n) is 4.11. The van der Waals surface area contributed by atoms with Gasteiger partial charge in [0, 0.05) is 29.2 Å². The summed E-state index contributed by atoms with van der Waals surface area (Å²) in [6.45, 7) is 1.20. The SMILES string of the molecule is O=C(O)C1CCCN(C(C(=O)O)c2c[nH]c3ccc(OCc4ccccc4)cc23)C1. The summed E-state index contributed by atoms with van der Waals surface area (Å²) in [6, 6.07) is 14.5. The highest BCUT2D eigenvalue weighted by Gasteiger charge is 2.35. The van der Waals surface area contributed by atoms with Gasteiger partial charge in [-0.1, -0.05) is 30.3 Å². The number of rotatable bonds is 7. The van der Waals surface area contributed by atoms with E-state index in [9.17, 15) is 19.8 Å². The van der Waals surface area contributed by atoms with Crippen molar-refractivity contribution in [3.8, 4) is 5.75 Å². The number of hydrogen-bond acceptors (Lipinski definition) is 4. The summed E-state index contributed by atoms with van der Waals surface area (Å²) in [6.07, 6.45) is 2.94. The van der Waals surface area contributed by atoms with E-state index in [1.807, 2.05) is 48.5 Å². The third kappa shape index (κ3) is 4.16. The fraction of sp³-hybridized carbons (Fsp3) is 0.304. The predicted octanol–water partition coefficient (Wildman–Crippen LogP) is 3.67. The van der Waals surface area contributed by atoms with Crippen LogP contribution in [0.5, 0.6) is 5.75 Å². The van der Waals surface area contributed by atoms with Crippen molar-refractivity contribution >= 4 is 22.8 Å². The number of piperidine rings is 1. The van der Waals surface area contributed by atoms with E-state index >= 15 is 0 Å². The van der Waals surface area contributed by atoms with E-state index in [-0.39, 0.29) is 6.54 Å². The molecule has 30 heavy (non-hydrogen) atoms. The summed E-state index contributed by atoms with van der Waals surface area (Å²) in [5.41, 5.74) is 2.48. The standard InChI is InChI=1S/C23H24N2O5/c26-22(27)16-7-4-10-25(13-16)21(23(28)29)19-12-24-20-9-8-17(11-18(19)20)30-14-15-5-2-1-3-6-15/h1-3,5-6,8-9,11-12,16,21,24H,4,7,10,13-14H2,(H,26,27)(H,28,29). The summed E-state index contributed by atoms with van der Waals surface area (Å²) >= 11 is 0. The van der Waals surface area contributed by atoms with Gasteiger partial charge >= 0.3 is 11.9 Å².